The van der Waals surface area contributed by atoms with Crippen LogP contribution in [-0.2, 0) is 9.59 Å². The lowest BCUT2D eigenvalue weighted by Crippen LogP contribution is -2.19. The third kappa shape index (κ3) is 3.40. The molecule has 0 aromatic carbocycles. The summed E-state index contributed by atoms with van der Waals surface area (Å²) in [6.07, 6.45) is 2.14. The first kappa shape index (κ1) is 14.9. The lowest BCUT2D eigenvalue weighted by molar-refractivity contribution is -0.120. The van der Waals surface area contributed by atoms with Crippen molar-refractivity contribution in [3.05, 3.63) is 46.3 Å². The van der Waals surface area contributed by atoms with Crippen LogP contribution in [0.4, 0.5) is 4.39 Å². The van der Waals surface area contributed by atoms with Crippen LogP contribution < -0.4 is 0 Å². The van der Waals surface area contributed by atoms with E-state index in [2.05, 4.69) is 13.2 Å². The van der Waals surface area contributed by atoms with Crippen LogP contribution in [-0.4, -0.2) is 11.6 Å². The SMILES string of the molecule is C=C(F)/C=C(\C(=C)Cl)C(=O)C1=C(Cl)CCCC1=O. The number of hydrogen-bond acceptors (Lipinski definition) is 2. The minimum atomic E-state index is -0.847. The molecule has 0 saturated carbocycles. The Morgan fingerprint density at radius 1 is 1.33 bits per heavy atom. The first-order valence-corrected chi connectivity index (χ1v) is 5.97. The number of halogens is 3. The molecule has 0 fully saturated rings. The van der Waals surface area contributed by atoms with Crippen molar-refractivity contribution in [2.45, 2.75) is 19.3 Å². The minimum Gasteiger partial charge on any atom is -0.294 e. The Balaban J connectivity index is 3.23. The molecule has 1 aliphatic carbocycles. The number of allylic oxidation sites excluding steroid dienone is 6. The number of Topliss-reactive ketones (excluding diaryl/α,β-unsaturated/α-hetero) is 2. The average Bonchev–Trinajstić information content (AvgIpc) is 2.24. The van der Waals surface area contributed by atoms with Crippen molar-refractivity contribution in [2.75, 3.05) is 0 Å². The van der Waals surface area contributed by atoms with Gasteiger partial charge in [0, 0.05) is 22.1 Å². The number of carbonyl (C=O) groups excluding carboxylic acids is 2. The molecule has 0 amide bonds. The molecular formula is C13H11Cl2FO2. The van der Waals surface area contributed by atoms with E-state index >= 15 is 0 Å². The quantitative estimate of drug-likeness (QED) is 0.446. The summed E-state index contributed by atoms with van der Waals surface area (Å²) in [7, 11) is 0. The lowest BCUT2D eigenvalue weighted by atomic mass is 9.91. The van der Waals surface area contributed by atoms with Crippen LogP contribution in [0.1, 0.15) is 19.3 Å². The van der Waals surface area contributed by atoms with Gasteiger partial charge in [0.1, 0.15) is 5.83 Å². The van der Waals surface area contributed by atoms with Crippen molar-refractivity contribution >= 4 is 34.8 Å². The third-order valence-corrected chi connectivity index (χ3v) is 3.00. The summed E-state index contributed by atoms with van der Waals surface area (Å²) in [5.74, 6) is -1.91. The monoisotopic (exact) mass is 288 g/mol. The summed E-state index contributed by atoms with van der Waals surface area (Å²) < 4.78 is 12.8. The molecule has 2 nitrogen and oxygen atoms in total. The summed E-state index contributed by atoms with van der Waals surface area (Å²) in [4.78, 5) is 23.8. The number of carbonyl (C=O) groups is 2. The molecule has 0 aromatic rings. The highest BCUT2D eigenvalue weighted by Gasteiger charge is 2.28. The summed E-state index contributed by atoms with van der Waals surface area (Å²) >= 11 is 11.5. The fourth-order valence-corrected chi connectivity index (χ4v) is 2.08. The van der Waals surface area contributed by atoms with Crippen molar-refractivity contribution in [3.8, 4) is 0 Å². The fourth-order valence-electron chi connectivity index (χ4n) is 1.61. The second-order valence-corrected chi connectivity index (χ2v) is 4.71. The van der Waals surface area contributed by atoms with E-state index in [-0.39, 0.29) is 33.4 Å². The Hall–Kier alpha value is -1.19. The van der Waals surface area contributed by atoms with Crippen molar-refractivity contribution in [3.63, 3.8) is 0 Å². The van der Waals surface area contributed by atoms with E-state index in [1.165, 1.54) is 0 Å². The molecule has 0 atom stereocenters. The van der Waals surface area contributed by atoms with Crippen LogP contribution in [0.2, 0.25) is 0 Å². The maximum absolute atomic E-state index is 12.8. The lowest BCUT2D eigenvalue weighted by Gasteiger charge is -2.15. The highest BCUT2D eigenvalue weighted by Crippen LogP contribution is 2.29. The first-order chi connectivity index (χ1) is 8.34. The molecule has 18 heavy (non-hydrogen) atoms. The molecule has 1 rings (SSSR count). The van der Waals surface area contributed by atoms with Gasteiger partial charge in [-0.25, -0.2) is 4.39 Å². The Bertz CT molecular complexity index is 501. The Morgan fingerprint density at radius 3 is 2.39 bits per heavy atom. The largest absolute Gasteiger partial charge is 0.294 e. The van der Waals surface area contributed by atoms with Crippen LogP contribution in [0.25, 0.3) is 0 Å². The summed E-state index contributed by atoms with van der Waals surface area (Å²) in [5, 5.41) is 0.0266. The van der Waals surface area contributed by atoms with Gasteiger partial charge in [-0.1, -0.05) is 36.4 Å². The van der Waals surface area contributed by atoms with Gasteiger partial charge >= 0.3 is 0 Å². The van der Waals surface area contributed by atoms with Crippen LogP contribution in [0.15, 0.2) is 46.3 Å². The molecule has 1 aliphatic rings. The normalized spacial score (nSPS) is 16.8. The summed E-state index contributed by atoms with van der Waals surface area (Å²) in [6.45, 7) is 6.38. The molecule has 5 heteroatoms. The van der Waals surface area contributed by atoms with Gasteiger partial charge < -0.3 is 0 Å². The highest BCUT2D eigenvalue weighted by atomic mass is 35.5. The van der Waals surface area contributed by atoms with E-state index in [0.29, 0.717) is 12.8 Å². The fraction of sp³-hybridized carbons (Fsp3) is 0.231. The van der Waals surface area contributed by atoms with E-state index in [0.717, 1.165) is 6.08 Å². The molecule has 0 radical (unpaired) electrons. The van der Waals surface area contributed by atoms with E-state index in [9.17, 15) is 14.0 Å². The predicted octanol–water partition coefficient (Wildman–Crippen LogP) is 3.96. The molecule has 0 spiro atoms. The number of rotatable bonds is 4. The van der Waals surface area contributed by atoms with Crippen molar-refractivity contribution < 1.29 is 14.0 Å². The van der Waals surface area contributed by atoms with E-state index in [4.69, 9.17) is 23.2 Å². The van der Waals surface area contributed by atoms with E-state index < -0.39 is 11.6 Å². The third-order valence-electron chi connectivity index (χ3n) is 2.42. The maximum Gasteiger partial charge on any atom is 0.199 e. The predicted molar refractivity (Wildman–Crippen MR) is 70.1 cm³/mol. The van der Waals surface area contributed by atoms with E-state index in [1.807, 2.05) is 0 Å². The molecule has 0 bridgehead atoms. The van der Waals surface area contributed by atoms with Crippen LogP contribution >= 0.6 is 23.2 Å². The standard InChI is InChI=1S/C13H11Cl2FO2/c1-7(16)6-9(8(2)14)13(18)12-10(15)4-3-5-11(12)17/h6H,1-5H2/b9-6+. The Kier molecular flexibility index (Phi) is 5.05. The Morgan fingerprint density at radius 2 is 1.94 bits per heavy atom. The van der Waals surface area contributed by atoms with Crippen molar-refractivity contribution in [1.29, 1.82) is 0 Å². The zero-order valence-electron chi connectivity index (χ0n) is 9.56. The highest BCUT2D eigenvalue weighted by molar-refractivity contribution is 6.43. The molecule has 96 valence electrons. The van der Waals surface area contributed by atoms with Gasteiger partial charge in [0.25, 0.3) is 0 Å². The Labute approximate surface area is 114 Å². The molecule has 0 N–H and O–H groups in total. The summed E-state index contributed by atoms with van der Waals surface area (Å²) in [6, 6.07) is 0. The van der Waals surface area contributed by atoms with Gasteiger partial charge in [0.2, 0.25) is 0 Å². The molecule has 0 saturated heterocycles. The summed E-state index contributed by atoms with van der Waals surface area (Å²) in [5.41, 5.74) is -0.329. The van der Waals surface area contributed by atoms with Gasteiger partial charge in [0.15, 0.2) is 11.6 Å². The van der Waals surface area contributed by atoms with Gasteiger partial charge in [0.05, 0.1) is 5.57 Å². The topological polar surface area (TPSA) is 34.1 Å². The zero-order valence-corrected chi connectivity index (χ0v) is 11.1. The maximum atomic E-state index is 12.8. The van der Waals surface area contributed by atoms with Crippen LogP contribution in [0.5, 0.6) is 0 Å². The van der Waals surface area contributed by atoms with Crippen LogP contribution in [0.3, 0.4) is 0 Å². The average molecular weight is 289 g/mol. The second-order valence-electron chi connectivity index (χ2n) is 3.80. The molecule has 0 aromatic heterocycles. The van der Waals surface area contributed by atoms with Crippen molar-refractivity contribution in [2.24, 2.45) is 0 Å². The minimum absolute atomic E-state index is 0.128. The van der Waals surface area contributed by atoms with Gasteiger partial charge in [-0.05, 0) is 18.9 Å². The molecule has 0 aliphatic heterocycles. The first-order valence-electron chi connectivity index (χ1n) is 5.22. The second kappa shape index (κ2) is 6.12. The van der Waals surface area contributed by atoms with Gasteiger partial charge in [-0.15, -0.1) is 0 Å². The molecular weight excluding hydrogens is 278 g/mol. The van der Waals surface area contributed by atoms with E-state index in [1.54, 1.807) is 0 Å². The van der Waals surface area contributed by atoms with Crippen LogP contribution in [0, 0.1) is 0 Å². The van der Waals surface area contributed by atoms with Gasteiger partial charge in [-0.3, -0.25) is 9.59 Å². The smallest absolute Gasteiger partial charge is 0.199 e. The number of hydrogen-bond donors (Lipinski definition) is 0. The van der Waals surface area contributed by atoms with Gasteiger partial charge in [-0.2, -0.15) is 0 Å². The molecule has 0 heterocycles. The van der Waals surface area contributed by atoms with Crippen molar-refractivity contribution in [1.82, 2.24) is 0 Å². The zero-order chi connectivity index (χ0) is 13.9. The number of ketones is 2. The molecule has 0 unspecified atom stereocenters.